The zero-order chi connectivity index (χ0) is 20.4. The van der Waals surface area contributed by atoms with Gasteiger partial charge in [-0.15, -0.1) is 5.10 Å². The van der Waals surface area contributed by atoms with Crippen molar-refractivity contribution in [1.82, 2.24) is 24.4 Å². The van der Waals surface area contributed by atoms with Gasteiger partial charge in [-0.1, -0.05) is 33.3 Å². The first-order valence-electron chi connectivity index (χ1n) is 8.53. The van der Waals surface area contributed by atoms with Gasteiger partial charge in [0.2, 0.25) is 5.13 Å². The van der Waals surface area contributed by atoms with Crippen molar-refractivity contribution in [3.8, 4) is 23.0 Å². The third-order valence-corrected chi connectivity index (χ3v) is 5.33. The number of ether oxygens (including phenoxy) is 1. The van der Waals surface area contributed by atoms with Gasteiger partial charge < -0.3 is 4.74 Å². The third kappa shape index (κ3) is 3.89. The smallest absolute Gasteiger partial charge is 0.261 e. The molecule has 1 N–H and O–H groups in total. The molecule has 0 unspecified atom stereocenters. The van der Waals surface area contributed by atoms with Crippen molar-refractivity contribution in [3.63, 3.8) is 0 Å². The highest BCUT2D eigenvalue weighted by atomic mass is 79.9. The van der Waals surface area contributed by atoms with Crippen LogP contribution in [0.2, 0.25) is 0 Å². The summed E-state index contributed by atoms with van der Waals surface area (Å²) in [5, 5.41) is 11.5. The molecular formula is C19H15BrN6O2S. The highest BCUT2D eigenvalue weighted by Gasteiger charge is 2.19. The van der Waals surface area contributed by atoms with Crippen molar-refractivity contribution in [2.45, 2.75) is 6.92 Å². The first-order chi connectivity index (χ1) is 14.1. The Morgan fingerprint density at radius 1 is 1.17 bits per heavy atom. The van der Waals surface area contributed by atoms with Crippen molar-refractivity contribution < 1.29 is 9.53 Å². The van der Waals surface area contributed by atoms with Crippen molar-refractivity contribution in [2.75, 3.05) is 12.4 Å². The van der Waals surface area contributed by atoms with E-state index < -0.39 is 0 Å². The van der Waals surface area contributed by atoms with E-state index >= 15 is 0 Å². The van der Waals surface area contributed by atoms with Crippen molar-refractivity contribution in [2.24, 2.45) is 0 Å². The summed E-state index contributed by atoms with van der Waals surface area (Å²) in [4.78, 5) is 16.9. The van der Waals surface area contributed by atoms with Gasteiger partial charge in [-0.05, 0) is 43.3 Å². The number of halogens is 1. The van der Waals surface area contributed by atoms with E-state index in [0.29, 0.717) is 28.0 Å². The van der Waals surface area contributed by atoms with E-state index in [1.807, 2.05) is 31.2 Å². The number of hydrogen-bond donors (Lipinski definition) is 1. The average molecular weight is 471 g/mol. The Morgan fingerprint density at radius 2 is 1.93 bits per heavy atom. The highest BCUT2D eigenvalue weighted by molar-refractivity contribution is 9.10. The zero-order valence-corrected chi connectivity index (χ0v) is 17.9. The summed E-state index contributed by atoms with van der Waals surface area (Å²) in [6, 6.07) is 14.7. The lowest BCUT2D eigenvalue weighted by molar-refractivity contribution is 0.102. The Hall–Kier alpha value is -3.11. The van der Waals surface area contributed by atoms with Crippen LogP contribution in [0.1, 0.15) is 16.1 Å². The van der Waals surface area contributed by atoms with Gasteiger partial charge in [-0.3, -0.25) is 10.1 Å². The Labute approximate surface area is 178 Å². The Balaban J connectivity index is 1.57. The maximum atomic E-state index is 12.5. The lowest BCUT2D eigenvalue weighted by Crippen LogP contribution is -2.12. The van der Waals surface area contributed by atoms with Crippen molar-refractivity contribution in [1.29, 1.82) is 0 Å². The molecule has 4 aromatic rings. The summed E-state index contributed by atoms with van der Waals surface area (Å²) < 4.78 is 12.2. The Kier molecular flexibility index (Phi) is 5.36. The molecule has 0 atom stereocenters. The molecule has 0 aliphatic rings. The molecule has 4 rings (SSSR count). The second-order valence-corrected chi connectivity index (χ2v) is 7.66. The molecule has 2 aromatic carbocycles. The number of nitrogens with zero attached hydrogens (tertiary/aromatic N) is 5. The van der Waals surface area contributed by atoms with Gasteiger partial charge in [-0.25, -0.2) is 4.68 Å². The highest BCUT2D eigenvalue weighted by Crippen LogP contribution is 2.25. The molecule has 0 saturated heterocycles. The number of nitrogens with one attached hydrogen (secondary N) is 1. The van der Waals surface area contributed by atoms with E-state index in [2.05, 4.69) is 40.9 Å². The van der Waals surface area contributed by atoms with Crippen LogP contribution in [0.5, 0.6) is 5.75 Å². The van der Waals surface area contributed by atoms with Crippen LogP contribution in [0.25, 0.3) is 17.2 Å². The van der Waals surface area contributed by atoms with Gasteiger partial charge in [0.1, 0.15) is 5.75 Å². The number of rotatable bonds is 5. The number of aromatic nitrogens is 5. The topological polar surface area (TPSA) is 94.8 Å². The van der Waals surface area contributed by atoms with Gasteiger partial charge >= 0.3 is 0 Å². The molecule has 1 amide bonds. The minimum absolute atomic E-state index is 0.319. The monoisotopic (exact) mass is 470 g/mol. The fourth-order valence-electron chi connectivity index (χ4n) is 2.73. The summed E-state index contributed by atoms with van der Waals surface area (Å²) in [5.41, 5.74) is 2.66. The Bertz CT molecular complexity index is 1170. The van der Waals surface area contributed by atoms with Crippen molar-refractivity contribution in [3.05, 3.63) is 64.3 Å². The van der Waals surface area contributed by atoms with E-state index in [1.165, 1.54) is 7.11 Å². The van der Waals surface area contributed by atoms with Crippen LogP contribution in [-0.4, -0.2) is 37.4 Å². The molecule has 0 aliphatic carbocycles. The minimum Gasteiger partial charge on any atom is -0.496 e. The quantitative estimate of drug-likeness (QED) is 0.471. The second-order valence-electron chi connectivity index (χ2n) is 5.99. The number of carbonyl (C=O) groups is 1. The van der Waals surface area contributed by atoms with Crippen LogP contribution in [0.15, 0.2) is 53.0 Å². The second kappa shape index (κ2) is 8.10. The molecule has 2 aromatic heterocycles. The van der Waals surface area contributed by atoms with Crippen LogP contribution in [0, 0.1) is 6.92 Å². The maximum Gasteiger partial charge on any atom is 0.261 e. The summed E-state index contributed by atoms with van der Waals surface area (Å²) >= 11 is 4.50. The van der Waals surface area contributed by atoms with E-state index in [-0.39, 0.29) is 5.91 Å². The lowest BCUT2D eigenvalue weighted by atomic mass is 10.2. The molecular weight excluding hydrogens is 456 g/mol. The predicted molar refractivity (Wildman–Crippen MR) is 114 cm³/mol. The van der Waals surface area contributed by atoms with Crippen LogP contribution in [-0.2, 0) is 0 Å². The molecule has 0 fully saturated rings. The van der Waals surface area contributed by atoms with Crippen LogP contribution < -0.4 is 10.1 Å². The number of para-hydroxylation sites is 1. The van der Waals surface area contributed by atoms with E-state index in [4.69, 9.17) is 4.74 Å². The van der Waals surface area contributed by atoms with E-state index in [1.54, 1.807) is 28.9 Å². The number of carbonyl (C=O) groups excluding carboxylic acids is 1. The number of benzene rings is 2. The molecule has 0 spiro atoms. The number of amides is 1. The molecule has 0 bridgehead atoms. The summed E-state index contributed by atoms with van der Waals surface area (Å²) in [5.74, 6) is 0.578. The van der Waals surface area contributed by atoms with Gasteiger partial charge in [0.25, 0.3) is 5.91 Å². The predicted octanol–water partition coefficient (Wildman–Crippen LogP) is 4.12. The molecule has 146 valence electrons. The maximum absolute atomic E-state index is 12.5. The molecule has 2 heterocycles. The van der Waals surface area contributed by atoms with Crippen LogP contribution >= 0.6 is 27.5 Å². The van der Waals surface area contributed by atoms with Gasteiger partial charge in [0.15, 0.2) is 11.5 Å². The largest absolute Gasteiger partial charge is 0.496 e. The third-order valence-electron chi connectivity index (χ3n) is 4.18. The van der Waals surface area contributed by atoms with Crippen LogP contribution in [0.4, 0.5) is 5.13 Å². The number of anilines is 1. The number of hydrogen-bond acceptors (Lipinski definition) is 7. The number of methoxy groups -OCH3 is 1. The van der Waals surface area contributed by atoms with Crippen LogP contribution in [0.3, 0.4) is 0 Å². The molecule has 10 heteroatoms. The molecule has 29 heavy (non-hydrogen) atoms. The first-order valence-corrected chi connectivity index (χ1v) is 10.1. The molecule has 8 nitrogen and oxygen atoms in total. The fourth-order valence-corrected chi connectivity index (χ4v) is 3.56. The first kappa shape index (κ1) is 19.2. The fraction of sp³-hybridized carbons (Fsp3) is 0.105. The lowest BCUT2D eigenvalue weighted by Gasteiger charge is -2.06. The van der Waals surface area contributed by atoms with Crippen molar-refractivity contribution >= 4 is 38.5 Å². The summed E-state index contributed by atoms with van der Waals surface area (Å²) in [6.07, 6.45) is 0. The summed E-state index contributed by atoms with van der Waals surface area (Å²) in [6.45, 7) is 1.89. The minimum atomic E-state index is -0.319. The zero-order valence-electron chi connectivity index (χ0n) is 15.5. The average Bonchev–Trinajstić information content (AvgIpc) is 3.35. The molecule has 0 radical (unpaired) electrons. The molecule has 0 aliphatic heterocycles. The normalized spacial score (nSPS) is 10.7. The van der Waals surface area contributed by atoms with Gasteiger partial charge in [-0.2, -0.15) is 9.36 Å². The molecule has 0 saturated carbocycles. The summed E-state index contributed by atoms with van der Waals surface area (Å²) in [7, 11) is 1.52. The van der Waals surface area contributed by atoms with Gasteiger partial charge in [0.05, 0.1) is 24.1 Å². The van der Waals surface area contributed by atoms with E-state index in [9.17, 15) is 4.79 Å². The SMILES string of the molecule is COc1ccccc1C(=O)Nc1nc(-c2nnn(-c3ccc(Br)cc3)c2C)ns1. The standard InChI is InChI=1S/C19H15BrN6O2S/c1-11-16(23-25-26(11)13-9-7-12(20)8-10-13)17-21-19(29-24-17)22-18(27)14-5-3-4-6-15(14)28-2/h3-10H,1-2H3,(H,21,22,24,27). The Morgan fingerprint density at radius 3 is 2.69 bits per heavy atom. The van der Waals surface area contributed by atoms with Gasteiger partial charge in [0, 0.05) is 16.0 Å². The van der Waals surface area contributed by atoms with E-state index in [0.717, 1.165) is 27.4 Å².